The Morgan fingerprint density at radius 1 is 1.59 bits per heavy atom. The maximum Gasteiger partial charge on any atom is 0.158 e. The molecule has 17 heavy (non-hydrogen) atoms. The summed E-state index contributed by atoms with van der Waals surface area (Å²) in [4.78, 5) is 0. The fraction of sp³-hybridized carbons (Fsp3) is 0.455. The Hall–Kier alpha value is -0.460. The third-order valence-electron chi connectivity index (χ3n) is 2.36. The second kappa shape index (κ2) is 6.47. The number of nitrogens with zero attached hydrogens (tertiary/aromatic N) is 1. The minimum atomic E-state index is -0.326. The first kappa shape index (κ1) is 14.6. The van der Waals surface area contributed by atoms with E-state index in [2.05, 4.69) is 35.1 Å². The first-order chi connectivity index (χ1) is 8.04. The third kappa shape index (κ3) is 3.05. The van der Waals surface area contributed by atoms with E-state index in [0.717, 1.165) is 0 Å². The van der Waals surface area contributed by atoms with Gasteiger partial charge < -0.3 is 14.0 Å². The molecule has 0 saturated heterocycles. The molecule has 1 aromatic rings. The molecule has 3 nitrogen and oxygen atoms in total. The summed E-state index contributed by atoms with van der Waals surface area (Å²) < 4.78 is 26.2. The summed E-state index contributed by atoms with van der Waals surface area (Å²) >= 11 is 7.24. The van der Waals surface area contributed by atoms with Gasteiger partial charge in [-0.2, -0.15) is 12.6 Å². The van der Waals surface area contributed by atoms with Crippen molar-refractivity contribution in [1.29, 1.82) is 0 Å². The Morgan fingerprint density at radius 2 is 2.24 bits per heavy atom. The van der Waals surface area contributed by atoms with E-state index in [1.165, 1.54) is 7.11 Å². The number of hydrogen-bond acceptors (Lipinski definition) is 3. The summed E-state index contributed by atoms with van der Waals surface area (Å²) in [6.07, 6.45) is 0. The van der Waals surface area contributed by atoms with Crippen LogP contribution >= 0.6 is 28.6 Å². The quantitative estimate of drug-likeness (QED) is 0.493. The Kier molecular flexibility index (Phi) is 5.55. The number of halogens is 2. The fourth-order valence-corrected chi connectivity index (χ4v) is 2.27. The molecule has 96 valence electrons. The number of ether oxygens (including phenoxy) is 2. The molecule has 0 fully saturated rings. The van der Waals surface area contributed by atoms with Crippen molar-refractivity contribution in [3.05, 3.63) is 28.3 Å². The highest BCUT2D eigenvalue weighted by Crippen LogP contribution is 2.31. The van der Waals surface area contributed by atoms with Gasteiger partial charge in [-0.3, -0.25) is 0 Å². The van der Waals surface area contributed by atoms with Gasteiger partial charge in [-0.15, -0.1) is 0 Å². The molecule has 0 radical (unpaired) electrons. The molecule has 0 bridgehead atoms. The summed E-state index contributed by atoms with van der Waals surface area (Å²) in [6.45, 7) is 6.16. The van der Waals surface area contributed by atoms with Crippen LogP contribution in [-0.4, -0.2) is 24.0 Å². The molecule has 1 heterocycles. The molecule has 0 amide bonds. The third-order valence-corrected chi connectivity index (χ3v) is 3.27. The van der Waals surface area contributed by atoms with Crippen LogP contribution in [0, 0.1) is 12.7 Å². The van der Waals surface area contributed by atoms with Gasteiger partial charge in [0.05, 0.1) is 23.9 Å². The van der Waals surface area contributed by atoms with Crippen LogP contribution in [0.1, 0.15) is 11.4 Å². The standard InChI is InChI=1S/C11H15BrFNO2S/c1-7-10(13)9(12)11(8(2)15-3)14(7)6-16-4-5-17/h17H,2,4-6H2,1,3H3. The van der Waals surface area contributed by atoms with Crippen LogP contribution in [0.15, 0.2) is 11.1 Å². The van der Waals surface area contributed by atoms with Gasteiger partial charge in [-0.05, 0) is 22.9 Å². The van der Waals surface area contributed by atoms with Crippen molar-refractivity contribution in [2.24, 2.45) is 0 Å². The smallest absolute Gasteiger partial charge is 0.158 e. The number of thiol groups is 1. The zero-order valence-corrected chi connectivity index (χ0v) is 12.3. The molecule has 0 unspecified atom stereocenters. The Bertz CT molecular complexity index is 420. The van der Waals surface area contributed by atoms with E-state index in [1.54, 1.807) is 11.5 Å². The average Bonchev–Trinajstić information content (AvgIpc) is 2.54. The van der Waals surface area contributed by atoms with Crippen molar-refractivity contribution >= 4 is 34.3 Å². The Morgan fingerprint density at radius 3 is 2.76 bits per heavy atom. The van der Waals surface area contributed by atoms with Crippen molar-refractivity contribution in [2.75, 3.05) is 19.5 Å². The van der Waals surface area contributed by atoms with E-state index in [0.29, 0.717) is 34.0 Å². The van der Waals surface area contributed by atoms with Gasteiger partial charge in [-0.25, -0.2) is 4.39 Å². The molecule has 0 aliphatic heterocycles. The van der Waals surface area contributed by atoms with Gasteiger partial charge in [0.1, 0.15) is 18.2 Å². The van der Waals surface area contributed by atoms with E-state index < -0.39 is 0 Å². The highest BCUT2D eigenvalue weighted by atomic mass is 79.9. The number of aromatic nitrogens is 1. The molecule has 0 aromatic carbocycles. The molecule has 0 atom stereocenters. The van der Waals surface area contributed by atoms with Crippen LogP contribution in [0.25, 0.3) is 5.76 Å². The molecule has 1 aromatic heterocycles. The number of hydrogen-bond donors (Lipinski definition) is 1. The summed E-state index contributed by atoms with van der Waals surface area (Å²) in [6, 6.07) is 0. The van der Waals surface area contributed by atoms with Crippen molar-refractivity contribution in [3.8, 4) is 0 Å². The van der Waals surface area contributed by atoms with Crippen LogP contribution in [0.5, 0.6) is 0 Å². The molecule has 0 N–H and O–H groups in total. The van der Waals surface area contributed by atoms with Gasteiger partial charge in [0, 0.05) is 5.75 Å². The lowest BCUT2D eigenvalue weighted by atomic mass is 10.4. The van der Waals surface area contributed by atoms with Gasteiger partial charge >= 0.3 is 0 Å². The number of methoxy groups -OCH3 is 1. The molecular formula is C11H15BrFNO2S. The second-order valence-corrected chi connectivity index (χ2v) is 4.62. The van der Waals surface area contributed by atoms with Crippen LogP contribution in [0.2, 0.25) is 0 Å². The van der Waals surface area contributed by atoms with E-state index in [9.17, 15) is 4.39 Å². The van der Waals surface area contributed by atoms with Gasteiger partial charge in [-0.1, -0.05) is 6.58 Å². The maximum absolute atomic E-state index is 13.8. The zero-order valence-electron chi connectivity index (χ0n) is 9.80. The molecule has 1 rings (SSSR count). The lowest BCUT2D eigenvalue weighted by molar-refractivity contribution is 0.0873. The van der Waals surface area contributed by atoms with E-state index in [-0.39, 0.29) is 12.5 Å². The molecule has 0 spiro atoms. The normalized spacial score (nSPS) is 10.6. The predicted molar refractivity (Wildman–Crippen MR) is 72.7 cm³/mol. The second-order valence-electron chi connectivity index (χ2n) is 3.38. The zero-order chi connectivity index (χ0) is 13.0. The lowest BCUT2D eigenvalue weighted by Crippen LogP contribution is -2.09. The van der Waals surface area contributed by atoms with Crippen LogP contribution in [0.4, 0.5) is 4.39 Å². The highest BCUT2D eigenvalue weighted by molar-refractivity contribution is 9.10. The topological polar surface area (TPSA) is 23.4 Å². The monoisotopic (exact) mass is 323 g/mol. The van der Waals surface area contributed by atoms with Crippen molar-refractivity contribution < 1.29 is 13.9 Å². The summed E-state index contributed by atoms with van der Waals surface area (Å²) in [5, 5.41) is 0. The van der Waals surface area contributed by atoms with Crippen molar-refractivity contribution in [3.63, 3.8) is 0 Å². The van der Waals surface area contributed by atoms with E-state index in [4.69, 9.17) is 9.47 Å². The summed E-state index contributed by atoms with van der Waals surface area (Å²) in [7, 11) is 1.49. The lowest BCUT2D eigenvalue weighted by Gasteiger charge is -2.12. The molecule has 0 saturated carbocycles. The minimum absolute atomic E-state index is 0.243. The predicted octanol–water partition coefficient (Wildman–Crippen LogP) is 3.22. The number of rotatable bonds is 6. The summed E-state index contributed by atoms with van der Waals surface area (Å²) in [5.41, 5.74) is 1.03. The average molecular weight is 324 g/mol. The fourth-order valence-electron chi connectivity index (χ4n) is 1.42. The molecule has 0 aliphatic carbocycles. The van der Waals surface area contributed by atoms with Crippen LogP contribution in [0.3, 0.4) is 0 Å². The molecular weight excluding hydrogens is 309 g/mol. The van der Waals surface area contributed by atoms with Crippen molar-refractivity contribution in [2.45, 2.75) is 13.7 Å². The largest absolute Gasteiger partial charge is 0.495 e. The molecule has 0 aliphatic rings. The van der Waals surface area contributed by atoms with E-state index in [1.807, 2.05) is 0 Å². The van der Waals surface area contributed by atoms with Gasteiger partial charge in [0.25, 0.3) is 0 Å². The van der Waals surface area contributed by atoms with Gasteiger partial charge in [0.15, 0.2) is 5.82 Å². The van der Waals surface area contributed by atoms with E-state index >= 15 is 0 Å². The SMILES string of the molecule is C=C(OC)c1c(Br)c(F)c(C)n1COCCS. The van der Waals surface area contributed by atoms with Crippen LogP contribution in [-0.2, 0) is 16.2 Å². The van der Waals surface area contributed by atoms with Crippen molar-refractivity contribution in [1.82, 2.24) is 4.57 Å². The minimum Gasteiger partial charge on any atom is -0.495 e. The Balaban J connectivity index is 3.08. The summed E-state index contributed by atoms with van der Waals surface area (Å²) in [5.74, 6) is 0.677. The van der Waals surface area contributed by atoms with Gasteiger partial charge in [0.2, 0.25) is 0 Å². The first-order valence-corrected chi connectivity index (χ1v) is 6.43. The maximum atomic E-state index is 13.8. The van der Waals surface area contributed by atoms with Crippen LogP contribution < -0.4 is 0 Å². The first-order valence-electron chi connectivity index (χ1n) is 5.00. The highest BCUT2D eigenvalue weighted by Gasteiger charge is 2.21. The molecule has 6 heteroatoms. The Labute approximate surface area is 114 Å².